The van der Waals surface area contributed by atoms with E-state index in [9.17, 15) is 9.50 Å². The number of ether oxygens (including phenoxy) is 2. The van der Waals surface area contributed by atoms with Crippen molar-refractivity contribution in [3.8, 4) is 11.5 Å². The maximum absolute atomic E-state index is 13.9. The van der Waals surface area contributed by atoms with Crippen molar-refractivity contribution >= 4 is 0 Å². The van der Waals surface area contributed by atoms with Gasteiger partial charge < -0.3 is 19.0 Å². The molecule has 1 heterocycles. The number of hydrogen-bond acceptors (Lipinski definition) is 4. The van der Waals surface area contributed by atoms with Gasteiger partial charge >= 0.3 is 0 Å². The largest absolute Gasteiger partial charge is 0.493 e. The van der Waals surface area contributed by atoms with Crippen molar-refractivity contribution in [1.82, 2.24) is 0 Å². The minimum absolute atomic E-state index is 0.0719. The first-order valence-corrected chi connectivity index (χ1v) is 5.30. The van der Waals surface area contributed by atoms with E-state index in [0.29, 0.717) is 5.75 Å². The van der Waals surface area contributed by atoms with Crippen LogP contribution in [-0.4, -0.2) is 19.3 Å². The Morgan fingerprint density at radius 1 is 1.22 bits per heavy atom. The first-order valence-electron chi connectivity index (χ1n) is 5.30. The summed E-state index contributed by atoms with van der Waals surface area (Å²) < 4.78 is 28.9. The highest BCUT2D eigenvalue weighted by atomic mass is 19.1. The third kappa shape index (κ3) is 2.17. The first-order chi connectivity index (χ1) is 8.67. The number of furan rings is 1. The molecule has 0 aliphatic heterocycles. The Kier molecular flexibility index (Phi) is 3.53. The summed E-state index contributed by atoms with van der Waals surface area (Å²) in [5, 5.41) is 10.0. The number of aliphatic hydroxyl groups is 1. The van der Waals surface area contributed by atoms with Crippen molar-refractivity contribution < 1.29 is 23.4 Å². The Labute approximate surface area is 104 Å². The molecule has 1 N–H and O–H groups in total. The van der Waals surface area contributed by atoms with Gasteiger partial charge in [0.25, 0.3) is 0 Å². The molecular weight excluding hydrogens is 239 g/mol. The lowest BCUT2D eigenvalue weighted by Gasteiger charge is -2.13. The zero-order valence-electron chi connectivity index (χ0n) is 10.0. The highest BCUT2D eigenvalue weighted by Crippen LogP contribution is 2.34. The van der Waals surface area contributed by atoms with E-state index in [-0.39, 0.29) is 17.1 Å². The van der Waals surface area contributed by atoms with Gasteiger partial charge in [0.05, 0.1) is 20.5 Å². The van der Waals surface area contributed by atoms with Gasteiger partial charge in [0, 0.05) is 11.6 Å². The van der Waals surface area contributed by atoms with Crippen LogP contribution in [0.2, 0.25) is 0 Å². The van der Waals surface area contributed by atoms with E-state index in [2.05, 4.69) is 0 Å². The Bertz CT molecular complexity index is 522. The summed E-state index contributed by atoms with van der Waals surface area (Å²) in [6.07, 6.45) is 0.233. The van der Waals surface area contributed by atoms with Crippen LogP contribution >= 0.6 is 0 Å². The SMILES string of the molecule is COc1cc(F)c(C(O)c2ccco2)cc1OC. The summed E-state index contributed by atoms with van der Waals surface area (Å²) in [5.74, 6) is 0.294. The lowest BCUT2D eigenvalue weighted by atomic mass is 10.1. The lowest BCUT2D eigenvalue weighted by Crippen LogP contribution is -2.03. The molecular formula is C13H13FO4. The van der Waals surface area contributed by atoms with Gasteiger partial charge in [-0.3, -0.25) is 0 Å². The molecule has 2 aromatic rings. The van der Waals surface area contributed by atoms with Crippen LogP contribution < -0.4 is 9.47 Å². The number of rotatable bonds is 4. The van der Waals surface area contributed by atoms with E-state index < -0.39 is 11.9 Å². The van der Waals surface area contributed by atoms with Gasteiger partial charge in [0.15, 0.2) is 11.5 Å². The third-order valence-electron chi connectivity index (χ3n) is 2.61. The Morgan fingerprint density at radius 3 is 2.44 bits per heavy atom. The van der Waals surface area contributed by atoms with Crippen molar-refractivity contribution in [3.05, 3.63) is 47.7 Å². The molecule has 4 nitrogen and oxygen atoms in total. The number of halogens is 1. The van der Waals surface area contributed by atoms with Crippen LogP contribution in [0.15, 0.2) is 34.9 Å². The second kappa shape index (κ2) is 5.10. The maximum atomic E-state index is 13.9. The molecule has 0 fully saturated rings. The lowest BCUT2D eigenvalue weighted by molar-refractivity contribution is 0.184. The second-order valence-electron chi connectivity index (χ2n) is 3.65. The molecule has 18 heavy (non-hydrogen) atoms. The maximum Gasteiger partial charge on any atom is 0.163 e. The summed E-state index contributed by atoms with van der Waals surface area (Å²) >= 11 is 0. The van der Waals surface area contributed by atoms with E-state index in [0.717, 1.165) is 0 Å². The fourth-order valence-corrected chi connectivity index (χ4v) is 1.68. The molecule has 0 aliphatic carbocycles. The van der Waals surface area contributed by atoms with Gasteiger partial charge in [-0.25, -0.2) is 4.39 Å². The average molecular weight is 252 g/mol. The van der Waals surface area contributed by atoms with Crippen molar-refractivity contribution in [2.75, 3.05) is 14.2 Å². The van der Waals surface area contributed by atoms with Crippen LogP contribution in [-0.2, 0) is 0 Å². The summed E-state index contributed by atoms with van der Waals surface area (Å²) in [4.78, 5) is 0. The number of aliphatic hydroxyl groups excluding tert-OH is 1. The topological polar surface area (TPSA) is 51.8 Å². The summed E-state index contributed by atoms with van der Waals surface area (Å²) in [6.45, 7) is 0. The van der Waals surface area contributed by atoms with Crippen molar-refractivity contribution in [1.29, 1.82) is 0 Å². The van der Waals surface area contributed by atoms with Crippen molar-refractivity contribution in [2.45, 2.75) is 6.10 Å². The molecule has 0 amide bonds. The zero-order chi connectivity index (χ0) is 13.1. The van der Waals surface area contributed by atoms with Crippen LogP contribution in [0.4, 0.5) is 4.39 Å². The summed E-state index contributed by atoms with van der Waals surface area (Å²) in [6, 6.07) is 5.75. The number of benzene rings is 1. The number of methoxy groups -OCH3 is 2. The minimum atomic E-state index is -1.18. The minimum Gasteiger partial charge on any atom is -0.493 e. The summed E-state index contributed by atoms with van der Waals surface area (Å²) in [7, 11) is 2.86. The van der Waals surface area contributed by atoms with E-state index in [4.69, 9.17) is 13.9 Å². The first kappa shape index (κ1) is 12.4. The Hall–Kier alpha value is -2.01. The van der Waals surface area contributed by atoms with Crippen molar-refractivity contribution in [3.63, 3.8) is 0 Å². The Balaban J connectivity index is 2.45. The molecule has 2 rings (SSSR count). The molecule has 1 aromatic heterocycles. The highest BCUT2D eigenvalue weighted by molar-refractivity contribution is 5.45. The molecule has 0 bridgehead atoms. The molecule has 0 saturated carbocycles. The van der Waals surface area contributed by atoms with Gasteiger partial charge in [-0.2, -0.15) is 0 Å². The fourth-order valence-electron chi connectivity index (χ4n) is 1.68. The zero-order valence-corrected chi connectivity index (χ0v) is 10.0. The van der Waals surface area contributed by atoms with E-state index >= 15 is 0 Å². The van der Waals surface area contributed by atoms with Gasteiger partial charge in [-0.05, 0) is 18.2 Å². The second-order valence-corrected chi connectivity index (χ2v) is 3.65. The molecule has 1 atom stereocenters. The van der Waals surface area contributed by atoms with E-state index in [1.54, 1.807) is 12.1 Å². The smallest absolute Gasteiger partial charge is 0.163 e. The van der Waals surface area contributed by atoms with Crippen LogP contribution in [0.3, 0.4) is 0 Å². The molecule has 1 aromatic carbocycles. The standard InChI is InChI=1S/C13H13FO4/c1-16-11-6-8(9(14)7-12(11)17-2)13(15)10-4-3-5-18-10/h3-7,13,15H,1-2H3. The third-order valence-corrected chi connectivity index (χ3v) is 2.61. The van der Waals surface area contributed by atoms with Gasteiger partial charge in [-0.1, -0.05) is 0 Å². The fraction of sp³-hybridized carbons (Fsp3) is 0.231. The van der Waals surface area contributed by atoms with Crippen LogP contribution in [0.5, 0.6) is 11.5 Å². The van der Waals surface area contributed by atoms with Gasteiger partial charge in [0.1, 0.15) is 17.7 Å². The number of hydrogen-bond donors (Lipinski definition) is 1. The molecule has 96 valence electrons. The molecule has 0 radical (unpaired) electrons. The Morgan fingerprint density at radius 2 is 1.89 bits per heavy atom. The molecule has 5 heteroatoms. The van der Waals surface area contributed by atoms with Crippen LogP contribution in [0, 0.1) is 5.82 Å². The van der Waals surface area contributed by atoms with Gasteiger partial charge in [-0.15, -0.1) is 0 Å². The molecule has 0 aliphatic rings. The van der Waals surface area contributed by atoms with E-state index in [1.807, 2.05) is 0 Å². The van der Waals surface area contributed by atoms with Crippen LogP contribution in [0.1, 0.15) is 17.4 Å². The molecule has 0 saturated heterocycles. The monoisotopic (exact) mass is 252 g/mol. The average Bonchev–Trinajstić information content (AvgIpc) is 2.91. The predicted molar refractivity (Wildman–Crippen MR) is 62.3 cm³/mol. The van der Waals surface area contributed by atoms with Crippen molar-refractivity contribution in [2.24, 2.45) is 0 Å². The highest BCUT2D eigenvalue weighted by Gasteiger charge is 2.20. The van der Waals surface area contributed by atoms with Gasteiger partial charge in [0.2, 0.25) is 0 Å². The predicted octanol–water partition coefficient (Wildman–Crippen LogP) is 2.52. The molecule has 1 unspecified atom stereocenters. The van der Waals surface area contributed by atoms with Crippen LogP contribution in [0.25, 0.3) is 0 Å². The quantitative estimate of drug-likeness (QED) is 0.908. The normalized spacial score (nSPS) is 12.2. The summed E-state index contributed by atoms with van der Waals surface area (Å²) in [5.41, 5.74) is 0.0719. The van der Waals surface area contributed by atoms with E-state index in [1.165, 1.54) is 32.6 Å². The molecule has 0 spiro atoms.